The summed E-state index contributed by atoms with van der Waals surface area (Å²) in [6.45, 7) is 2.13. The molecule has 0 amide bonds. The Morgan fingerprint density at radius 2 is 2.26 bits per heavy atom. The highest BCUT2D eigenvalue weighted by Gasteiger charge is 2.12. The molecule has 1 atom stereocenters. The lowest BCUT2D eigenvalue weighted by Gasteiger charge is -2.18. The van der Waals surface area contributed by atoms with E-state index in [9.17, 15) is 0 Å². The van der Waals surface area contributed by atoms with E-state index >= 15 is 0 Å². The van der Waals surface area contributed by atoms with Gasteiger partial charge in [-0.3, -0.25) is 0 Å². The van der Waals surface area contributed by atoms with Crippen molar-refractivity contribution in [1.82, 2.24) is 0 Å². The van der Waals surface area contributed by atoms with Crippen molar-refractivity contribution in [3.63, 3.8) is 0 Å². The molecule has 0 saturated heterocycles. The van der Waals surface area contributed by atoms with Gasteiger partial charge in [0, 0.05) is 11.7 Å². The van der Waals surface area contributed by atoms with Crippen molar-refractivity contribution in [1.29, 1.82) is 0 Å². The number of benzene rings is 1. The Kier molecular flexibility index (Phi) is 4.80. The van der Waals surface area contributed by atoms with Crippen LogP contribution in [0.3, 0.4) is 0 Å². The summed E-state index contributed by atoms with van der Waals surface area (Å²) in [6.07, 6.45) is 0.951. The van der Waals surface area contributed by atoms with Gasteiger partial charge in [0.25, 0.3) is 0 Å². The number of hydrogen-bond donors (Lipinski definition) is 2. The highest BCUT2D eigenvalue weighted by Crippen LogP contribution is 2.25. The molecule has 0 fully saturated rings. The molecule has 2 rings (SSSR count). The van der Waals surface area contributed by atoms with Gasteiger partial charge in [0.05, 0.1) is 10.6 Å². The van der Waals surface area contributed by atoms with Crippen molar-refractivity contribution in [2.24, 2.45) is 5.73 Å². The van der Waals surface area contributed by atoms with Crippen LogP contribution in [0.4, 0.5) is 5.69 Å². The Morgan fingerprint density at radius 3 is 2.89 bits per heavy atom. The standard InChI is InChI=1S/C14H15ClN2S2/c1-9(7-10-5-6-19-8-10)17-12-4-2-3-11(15)13(12)14(16)18/h2-6,8-9,17H,7H2,1H3,(H2,16,18). The molecular weight excluding hydrogens is 296 g/mol. The SMILES string of the molecule is CC(Cc1ccsc1)Nc1cccc(Cl)c1C(N)=S. The minimum atomic E-state index is 0.279. The van der Waals surface area contributed by atoms with Crippen LogP contribution < -0.4 is 11.1 Å². The van der Waals surface area contributed by atoms with Crippen molar-refractivity contribution >= 4 is 45.8 Å². The van der Waals surface area contributed by atoms with Crippen LogP contribution in [0.5, 0.6) is 0 Å². The largest absolute Gasteiger partial charge is 0.389 e. The quantitative estimate of drug-likeness (QED) is 0.817. The van der Waals surface area contributed by atoms with Gasteiger partial charge in [-0.1, -0.05) is 29.9 Å². The van der Waals surface area contributed by atoms with Gasteiger partial charge in [-0.05, 0) is 47.9 Å². The third-order valence-corrected chi connectivity index (χ3v) is 4.04. The Balaban J connectivity index is 2.14. The molecule has 3 N–H and O–H groups in total. The zero-order valence-electron chi connectivity index (χ0n) is 10.5. The van der Waals surface area contributed by atoms with Gasteiger partial charge in [0.1, 0.15) is 4.99 Å². The summed E-state index contributed by atoms with van der Waals surface area (Å²) >= 11 is 12.9. The molecule has 0 aliphatic carbocycles. The molecule has 100 valence electrons. The maximum atomic E-state index is 6.14. The molecule has 1 aromatic carbocycles. The predicted octanol–water partition coefficient (Wildman–Crippen LogP) is 4.08. The first-order valence-corrected chi connectivity index (χ1v) is 7.66. The zero-order valence-corrected chi connectivity index (χ0v) is 12.9. The van der Waals surface area contributed by atoms with E-state index in [0.29, 0.717) is 10.0 Å². The van der Waals surface area contributed by atoms with E-state index in [1.54, 1.807) is 17.4 Å². The number of hydrogen-bond acceptors (Lipinski definition) is 3. The van der Waals surface area contributed by atoms with E-state index in [0.717, 1.165) is 17.7 Å². The van der Waals surface area contributed by atoms with Crippen LogP contribution in [0.25, 0.3) is 0 Å². The van der Waals surface area contributed by atoms with Crippen LogP contribution in [0.1, 0.15) is 18.1 Å². The summed E-state index contributed by atoms with van der Waals surface area (Å²) in [4.78, 5) is 0.316. The Morgan fingerprint density at radius 1 is 1.47 bits per heavy atom. The fourth-order valence-electron chi connectivity index (χ4n) is 1.97. The molecular formula is C14H15ClN2S2. The van der Waals surface area contributed by atoms with E-state index in [1.165, 1.54) is 5.56 Å². The molecule has 0 radical (unpaired) electrons. The number of rotatable bonds is 5. The maximum Gasteiger partial charge on any atom is 0.107 e. The van der Waals surface area contributed by atoms with Gasteiger partial charge in [0.15, 0.2) is 0 Å². The third kappa shape index (κ3) is 3.69. The molecule has 1 heterocycles. The topological polar surface area (TPSA) is 38.0 Å². The zero-order chi connectivity index (χ0) is 13.8. The van der Waals surface area contributed by atoms with Crippen molar-refractivity contribution in [3.8, 4) is 0 Å². The minimum Gasteiger partial charge on any atom is -0.389 e. The highest BCUT2D eigenvalue weighted by atomic mass is 35.5. The first kappa shape index (κ1) is 14.3. The summed E-state index contributed by atoms with van der Waals surface area (Å²) in [7, 11) is 0. The lowest BCUT2D eigenvalue weighted by atomic mass is 10.1. The van der Waals surface area contributed by atoms with Gasteiger partial charge >= 0.3 is 0 Å². The van der Waals surface area contributed by atoms with E-state index in [2.05, 4.69) is 29.1 Å². The molecule has 0 bridgehead atoms. The number of nitrogens with two attached hydrogens (primary N) is 1. The number of anilines is 1. The van der Waals surface area contributed by atoms with E-state index in [4.69, 9.17) is 29.6 Å². The summed E-state index contributed by atoms with van der Waals surface area (Å²) in [5.74, 6) is 0. The van der Waals surface area contributed by atoms with Gasteiger partial charge in [0.2, 0.25) is 0 Å². The molecule has 0 spiro atoms. The van der Waals surface area contributed by atoms with Crippen LogP contribution >= 0.6 is 35.2 Å². The molecule has 5 heteroatoms. The Bertz CT molecular complexity index is 567. The lowest BCUT2D eigenvalue weighted by molar-refractivity contribution is 0.792. The summed E-state index contributed by atoms with van der Waals surface area (Å²) in [5.41, 5.74) is 8.67. The van der Waals surface area contributed by atoms with Crippen LogP contribution in [-0.4, -0.2) is 11.0 Å². The molecule has 0 aliphatic rings. The summed E-state index contributed by atoms with van der Waals surface area (Å²) in [6, 6.07) is 8.05. The second kappa shape index (κ2) is 6.37. The van der Waals surface area contributed by atoms with Crippen LogP contribution in [-0.2, 0) is 6.42 Å². The lowest BCUT2D eigenvalue weighted by Crippen LogP contribution is -2.21. The van der Waals surface area contributed by atoms with Crippen molar-refractivity contribution in [3.05, 3.63) is 51.2 Å². The molecule has 1 aromatic heterocycles. The van der Waals surface area contributed by atoms with E-state index < -0.39 is 0 Å². The van der Waals surface area contributed by atoms with Gasteiger partial charge < -0.3 is 11.1 Å². The molecule has 2 aromatic rings. The molecule has 19 heavy (non-hydrogen) atoms. The smallest absolute Gasteiger partial charge is 0.107 e. The second-order valence-electron chi connectivity index (χ2n) is 4.41. The first-order chi connectivity index (χ1) is 9.08. The van der Waals surface area contributed by atoms with Crippen molar-refractivity contribution < 1.29 is 0 Å². The fourth-order valence-corrected chi connectivity index (χ4v) is 3.21. The monoisotopic (exact) mass is 310 g/mol. The van der Waals surface area contributed by atoms with Gasteiger partial charge in [-0.2, -0.15) is 11.3 Å². The van der Waals surface area contributed by atoms with Crippen molar-refractivity contribution in [2.45, 2.75) is 19.4 Å². The summed E-state index contributed by atoms with van der Waals surface area (Å²) in [5, 5.41) is 8.25. The fraction of sp³-hybridized carbons (Fsp3) is 0.214. The number of thiocarbonyl (C=S) groups is 1. The van der Waals surface area contributed by atoms with E-state index in [1.807, 2.05) is 12.1 Å². The Hall–Kier alpha value is -1.10. The average molecular weight is 311 g/mol. The second-order valence-corrected chi connectivity index (χ2v) is 6.03. The predicted molar refractivity (Wildman–Crippen MR) is 88.4 cm³/mol. The molecule has 0 aliphatic heterocycles. The third-order valence-electron chi connectivity index (χ3n) is 2.78. The van der Waals surface area contributed by atoms with Crippen LogP contribution in [0.15, 0.2) is 35.0 Å². The first-order valence-electron chi connectivity index (χ1n) is 5.94. The molecule has 1 unspecified atom stereocenters. The maximum absolute atomic E-state index is 6.14. The highest BCUT2D eigenvalue weighted by molar-refractivity contribution is 7.80. The van der Waals surface area contributed by atoms with Crippen molar-refractivity contribution in [2.75, 3.05) is 5.32 Å². The van der Waals surface area contributed by atoms with Crippen LogP contribution in [0, 0.1) is 0 Å². The van der Waals surface area contributed by atoms with Crippen LogP contribution in [0.2, 0.25) is 5.02 Å². The number of nitrogens with one attached hydrogen (secondary N) is 1. The average Bonchev–Trinajstić information content (AvgIpc) is 2.81. The molecule has 2 nitrogen and oxygen atoms in total. The van der Waals surface area contributed by atoms with Gasteiger partial charge in [-0.25, -0.2) is 0 Å². The number of thiophene rings is 1. The normalized spacial score (nSPS) is 12.1. The minimum absolute atomic E-state index is 0.279. The Labute approximate surface area is 127 Å². The molecule has 0 saturated carbocycles. The summed E-state index contributed by atoms with van der Waals surface area (Å²) < 4.78 is 0. The number of halogens is 1. The van der Waals surface area contributed by atoms with E-state index in [-0.39, 0.29) is 6.04 Å². The van der Waals surface area contributed by atoms with Gasteiger partial charge in [-0.15, -0.1) is 0 Å².